The van der Waals surface area contributed by atoms with Crippen molar-refractivity contribution in [2.45, 2.75) is 19.3 Å². The summed E-state index contributed by atoms with van der Waals surface area (Å²) >= 11 is 0. The molecule has 3 aliphatic heterocycles. The van der Waals surface area contributed by atoms with Gasteiger partial charge in [-0.3, -0.25) is 0 Å². The molecule has 4 rings (SSSR count). The summed E-state index contributed by atoms with van der Waals surface area (Å²) in [5.41, 5.74) is 0. The van der Waals surface area contributed by atoms with Crippen LogP contribution in [0.1, 0.15) is 19.3 Å². The van der Waals surface area contributed by atoms with Crippen LogP contribution >= 0.6 is 0 Å². The maximum absolute atomic E-state index is 1.93. The average Bonchev–Trinajstić information content (AvgIpc) is 1.82. The van der Waals surface area contributed by atoms with Crippen molar-refractivity contribution in [3.8, 4) is 0 Å². The second-order valence-corrected chi connectivity index (χ2v) is 4.67. The van der Waals surface area contributed by atoms with Crippen LogP contribution < -0.4 is 17.3 Å². The maximum atomic E-state index is 1.93. The predicted octanol–water partition coefficient (Wildman–Crippen LogP) is -3.45. The van der Waals surface area contributed by atoms with Crippen molar-refractivity contribution in [1.29, 1.82) is 0 Å². The van der Waals surface area contributed by atoms with Crippen molar-refractivity contribution in [3.05, 3.63) is 0 Å². The molecule has 3 heteroatoms. The largest absolute Gasteiger partial charge is 1.00 e. The SMILES string of the molecule is C1C2CC3CC1C[NH+](C2)C3.[Cl-].[Na]. The van der Waals surface area contributed by atoms with E-state index in [9.17, 15) is 0 Å². The van der Waals surface area contributed by atoms with Crippen LogP contribution in [0.25, 0.3) is 0 Å². The maximum Gasteiger partial charge on any atom is 0.0799 e. The van der Waals surface area contributed by atoms with Crippen LogP contribution in [0.2, 0.25) is 0 Å². The number of rotatable bonds is 0. The average molecular weight is 197 g/mol. The van der Waals surface area contributed by atoms with E-state index in [4.69, 9.17) is 0 Å². The number of quaternary nitrogens is 1. The van der Waals surface area contributed by atoms with E-state index in [0.717, 1.165) is 17.8 Å². The molecular weight excluding hydrogens is 181 g/mol. The first-order chi connectivity index (χ1) is 4.90. The van der Waals surface area contributed by atoms with Gasteiger partial charge in [0.1, 0.15) is 0 Å². The van der Waals surface area contributed by atoms with Crippen molar-refractivity contribution in [1.82, 2.24) is 0 Å². The van der Waals surface area contributed by atoms with Crippen molar-refractivity contribution >= 4 is 29.6 Å². The van der Waals surface area contributed by atoms with E-state index in [0.29, 0.717) is 0 Å². The standard InChI is InChI=1S/C9H15N.ClH.Na/c1-7-2-9-3-8(1)5-10(4-7)6-9;;/h7-9H,1-6H2;1H;. The van der Waals surface area contributed by atoms with Gasteiger partial charge in [0.25, 0.3) is 0 Å². The van der Waals surface area contributed by atoms with E-state index in [1.165, 1.54) is 19.6 Å². The Bertz CT molecular complexity index is 106. The van der Waals surface area contributed by atoms with Gasteiger partial charge in [-0.15, -0.1) is 0 Å². The molecule has 0 aromatic carbocycles. The Morgan fingerprint density at radius 3 is 1.33 bits per heavy atom. The molecule has 1 nitrogen and oxygen atoms in total. The fourth-order valence-corrected chi connectivity index (χ4v) is 3.68. The molecule has 3 heterocycles. The van der Waals surface area contributed by atoms with Crippen molar-refractivity contribution in [2.24, 2.45) is 17.8 Å². The van der Waals surface area contributed by atoms with Gasteiger partial charge in [-0.2, -0.15) is 0 Å². The summed E-state index contributed by atoms with van der Waals surface area (Å²) in [5, 5.41) is 0. The topological polar surface area (TPSA) is 4.44 Å². The molecule has 1 radical (unpaired) electrons. The summed E-state index contributed by atoms with van der Waals surface area (Å²) in [6.45, 7) is 4.56. The molecular formula is C9H16ClNNa. The quantitative estimate of drug-likeness (QED) is 0.385. The second kappa shape index (κ2) is 4.18. The van der Waals surface area contributed by atoms with Crippen LogP contribution in [0.5, 0.6) is 0 Å². The number of piperidine rings is 3. The van der Waals surface area contributed by atoms with Crippen LogP contribution in [0.4, 0.5) is 0 Å². The molecule has 12 heavy (non-hydrogen) atoms. The van der Waals surface area contributed by atoms with Crippen LogP contribution in [-0.2, 0) is 0 Å². The number of nitrogens with one attached hydrogen (secondary N) is 1. The minimum absolute atomic E-state index is 0. The summed E-state index contributed by atoms with van der Waals surface area (Å²) in [6.07, 6.45) is 4.75. The molecule has 3 saturated heterocycles. The number of halogens is 1. The molecule has 65 valence electrons. The zero-order valence-corrected chi connectivity index (χ0v) is 10.6. The third-order valence-electron chi connectivity index (χ3n) is 3.73. The van der Waals surface area contributed by atoms with E-state index in [2.05, 4.69) is 0 Å². The van der Waals surface area contributed by atoms with Gasteiger partial charge in [-0.1, -0.05) is 0 Å². The third kappa shape index (κ3) is 1.85. The first-order valence-corrected chi connectivity index (χ1v) is 4.73. The smallest absolute Gasteiger partial charge is 0.0799 e. The Morgan fingerprint density at radius 1 is 0.750 bits per heavy atom. The summed E-state index contributed by atoms with van der Waals surface area (Å²) < 4.78 is 0. The molecule has 4 fully saturated rings. The Balaban J connectivity index is 0.000000360. The van der Waals surface area contributed by atoms with E-state index in [-0.39, 0.29) is 42.0 Å². The first kappa shape index (κ1) is 11.3. The molecule has 0 unspecified atom stereocenters. The normalized spacial score (nSPS) is 48.0. The van der Waals surface area contributed by atoms with Crippen LogP contribution in [0, 0.1) is 17.8 Å². The summed E-state index contributed by atoms with van der Waals surface area (Å²) in [7, 11) is 0. The van der Waals surface area contributed by atoms with Crippen molar-refractivity contribution in [2.75, 3.05) is 19.6 Å². The minimum Gasteiger partial charge on any atom is -1.00 e. The minimum atomic E-state index is 0. The van der Waals surface area contributed by atoms with Crippen molar-refractivity contribution in [3.63, 3.8) is 0 Å². The van der Waals surface area contributed by atoms with E-state index < -0.39 is 0 Å². The molecule has 1 saturated carbocycles. The molecule has 0 aromatic rings. The van der Waals surface area contributed by atoms with E-state index >= 15 is 0 Å². The summed E-state index contributed by atoms with van der Waals surface area (Å²) in [6, 6.07) is 0. The van der Waals surface area contributed by atoms with Gasteiger partial charge in [-0.05, 0) is 19.3 Å². The molecule has 1 aliphatic carbocycles. The van der Waals surface area contributed by atoms with Crippen molar-refractivity contribution < 1.29 is 17.3 Å². The molecule has 0 atom stereocenters. The number of hydrogen-bond donors (Lipinski definition) is 1. The molecule has 4 bridgehead atoms. The van der Waals surface area contributed by atoms with Gasteiger partial charge in [-0.25, -0.2) is 0 Å². The Hall–Kier alpha value is 1.25. The molecule has 0 aromatic heterocycles. The Labute approximate surface area is 103 Å². The van der Waals surface area contributed by atoms with Gasteiger partial charge in [0.2, 0.25) is 0 Å². The molecule has 0 spiro atoms. The first-order valence-electron chi connectivity index (χ1n) is 4.73. The van der Waals surface area contributed by atoms with Crippen LogP contribution in [0.15, 0.2) is 0 Å². The molecule has 0 amide bonds. The van der Waals surface area contributed by atoms with Crippen LogP contribution in [0.3, 0.4) is 0 Å². The van der Waals surface area contributed by atoms with Gasteiger partial charge in [0, 0.05) is 47.3 Å². The summed E-state index contributed by atoms with van der Waals surface area (Å²) in [5.74, 6) is 3.42. The van der Waals surface area contributed by atoms with E-state index in [1.54, 1.807) is 19.3 Å². The molecule has 1 N–H and O–H groups in total. The monoisotopic (exact) mass is 196 g/mol. The number of hydrogen-bond acceptors (Lipinski definition) is 0. The zero-order chi connectivity index (χ0) is 6.55. The predicted molar refractivity (Wildman–Crippen MR) is 45.6 cm³/mol. The van der Waals surface area contributed by atoms with E-state index in [1.807, 2.05) is 4.90 Å². The van der Waals surface area contributed by atoms with Gasteiger partial charge in [0.15, 0.2) is 0 Å². The van der Waals surface area contributed by atoms with Gasteiger partial charge >= 0.3 is 0 Å². The van der Waals surface area contributed by atoms with Gasteiger partial charge < -0.3 is 17.3 Å². The van der Waals surface area contributed by atoms with Crippen LogP contribution in [-0.4, -0.2) is 49.2 Å². The second-order valence-electron chi connectivity index (χ2n) is 4.67. The summed E-state index contributed by atoms with van der Waals surface area (Å²) in [4.78, 5) is 1.93. The molecule has 4 aliphatic rings. The van der Waals surface area contributed by atoms with Gasteiger partial charge in [0.05, 0.1) is 19.6 Å². The fraction of sp³-hybridized carbons (Fsp3) is 1.00. The Kier molecular flexibility index (Phi) is 3.95. The Morgan fingerprint density at radius 2 is 1.08 bits per heavy atom. The third-order valence-corrected chi connectivity index (χ3v) is 3.73. The fourth-order valence-electron chi connectivity index (χ4n) is 3.68. The zero-order valence-electron chi connectivity index (χ0n) is 7.85.